The molecule has 130 valence electrons. The smallest absolute Gasteiger partial charge is 0.223 e. The molecular weight excluding hydrogens is 328 g/mol. The predicted octanol–water partition coefficient (Wildman–Crippen LogP) is 2.92. The Hall–Kier alpha value is -3.35. The molecule has 0 unspecified atom stereocenters. The fourth-order valence-corrected chi connectivity index (χ4v) is 3.54. The van der Waals surface area contributed by atoms with Crippen LogP contribution in [0.2, 0.25) is 0 Å². The van der Waals surface area contributed by atoms with Crippen LogP contribution in [-0.4, -0.2) is 26.1 Å². The second-order valence-corrected chi connectivity index (χ2v) is 6.44. The Bertz CT molecular complexity index is 1070. The standard InChI is InChI=1S/C19H18N6O/c20-19-21-11-14(12-24-9-3-6-13-5-1-2-7-15(13)24)18-22-17(23-25(18)19)16-8-4-10-26-16/h1-2,4-5,7-8,10-11H,3,6,9,12H2,(H2,20,21). The van der Waals surface area contributed by atoms with Crippen molar-refractivity contribution in [2.24, 2.45) is 0 Å². The fourth-order valence-electron chi connectivity index (χ4n) is 3.54. The van der Waals surface area contributed by atoms with Crippen molar-refractivity contribution < 1.29 is 4.42 Å². The number of aryl methyl sites for hydroxylation is 1. The summed E-state index contributed by atoms with van der Waals surface area (Å²) >= 11 is 0. The van der Waals surface area contributed by atoms with Crippen molar-refractivity contribution in [3.63, 3.8) is 0 Å². The Kier molecular flexibility index (Phi) is 3.38. The first-order chi connectivity index (χ1) is 12.8. The molecule has 26 heavy (non-hydrogen) atoms. The molecule has 0 amide bonds. The zero-order chi connectivity index (χ0) is 17.5. The van der Waals surface area contributed by atoms with Gasteiger partial charge in [0.1, 0.15) is 0 Å². The summed E-state index contributed by atoms with van der Waals surface area (Å²) in [5.74, 6) is 1.44. The van der Waals surface area contributed by atoms with Gasteiger partial charge in [-0.15, -0.1) is 5.10 Å². The van der Waals surface area contributed by atoms with Crippen molar-refractivity contribution in [2.45, 2.75) is 19.4 Å². The molecule has 4 aromatic rings. The zero-order valence-electron chi connectivity index (χ0n) is 14.2. The number of anilines is 2. The van der Waals surface area contributed by atoms with E-state index in [-0.39, 0.29) is 0 Å². The molecule has 7 heteroatoms. The molecule has 0 saturated heterocycles. The monoisotopic (exact) mass is 346 g/mol. The summed E-state index contributed by atoms with van der Waals surface area (Å²) in [6.07, 6.45) is 5.66. The van der Waals surface area contributed by atoms with Crippen LogP contribution >= 0.6 is 0 Å². The van der Waals surface area contributed by atoms with E-state index in [1.165, 1.54) is 11.3 Å². The van der Waals surface area contributed by atoms with Crippen LogP contribution in [0.25, 0.3) is 17.2 Å². The minimum Gasteiger partial charge on any atom is -0.461 e. The highest BCUT2D eigenvalue weighted by molar-refractivity contribution is 5.60. The van der Waals surface area contributed by atoms with E-state index in [0.29, 0.717) is 29.7 Å². The van der Waals surface area contributed by atoms with Crippen molar-refractivity contribution in [2.75, 3.05) is 17.2 Å². The number of hydrogen-bond acceptors (Lipinski definition) is 6. The Balaban J connectivity index is 1.57. The van der Waals surface area contributed by atoms with Gasteiger partial charge in [0, 0.05) is 30.5 Å². The van der Waals surface area contributed by atoms with Crippen LogP contribution in [-0.2, 0) is 13.0 Å². The van der Waals surface area contributed by atoms with E-state index in [4.69, 9.17) is 10.2 Å². The van der Waals surface area contributed by atoms with E-state index >= 15 is 0 Å². The van der Waals surface area contributed by atoms with Gasteiger partial charge in [-0.25, -0.2) is 9.97 Å². The molecule has 0 fully saturated rings. The van der Waals surface area contributed by atoms with Crippen molar-refractivity contribution in [3.8, 4) is 11.6 Å². The number of furan rings is 1. The van der Waals surface area contributed by atoms with Crippen LogP contribution < -0.4 is 10.6 Å². The van der Waals surface area contributed by atoms with E-state index in [0.717, 1.165) is 24.9 Å². The first-order valence-electron chi connectivity index (χ1n) is 8.66. The molecule has 2 N–H and O–H groups in total. The largest absolute Gasteiger partial charge is 0.461 e. The average molecular weight is 346 g/mol. The molecule has 1 aromatic carbocycles. The molecule has 0 bridgehead atoms. The fraction of sp³-hybridized carbons (Fsp3) is 0.211. The maximum atomic E-state index is 6.01. The van der Waals surface area contributed by atoms with Gasteiger partial charge in [-0.3, -0.25) is 0 Å². The SMILES string of the molecule is Nc1ncc(CN2CCCc3ccccc32)c2nc(-c3ccco3)nn12. The number of hydrogen-bond donors (Lipinski definition) is 1. The second-order valence-electron chi connectivity index (χ2n) is 6.44. The molecule has 0 spiro atoms. The third-order valence-electron chi connectivity index (χ3n) is 4.77. The molecule has 0 saturated carbocycles. The summed E-state index contributed by atoms with van der Waals surface area (Å²) in [6.45, 7) is 1.72. The van der Waals surface area contributed by atoms with Gasteiger partial charge in [0.05, 0.1) is 6.26 Å². The first kappa shape index (κ1) is 14.9. The van der Waals surface area contributed by atoms with Crippen LogP contribution in [0.3, 0.4) is 0 Å². The highest BCUT2D eigenvalue weighted by Crippen LogP contribution is 2.29. The van der Waals surface area contributed by atoms with Crippen molar-refractivity contribution in [1.82, 2.24) is 19.6 Å². The summed E-state index contributed by atoms with van der Waals surface area (Å²) in [5, 5.41) is 4.46. The lowest BCUT2D eigenvalue weighted by molar-refractivity contribution is 0.577. The first-order valence-corrected chi connectivity index (χ1v) is 8.66. The van der Waals surface area contributed by atoms with Gasteiger partial charge < -0.3 is 15.1 Å². The Morgan fingerprint density at radius 2 is 2.08 bits per heavy atom. The van der Waals surface area contributed by atoms with E-state index < -0.39 is 0 Å². The number of fused-ring (bicyclic) bond motifs is 2. The maximum Gasteiger partial charge on any atom is 0.223 e. The number of rotatable bonds is 3. The third-order valence-corrected chi connectivity index (χ3v) is 4.77. The molecule has 0 aliphatic carbocycles. The number of benzene rings is 1. The van der Waals surface area contributed by atoms with Gasteiger partial charge in [0.15, 0.2) is 11.4 Å². The third kappa shape index (κ3) is 2.40. The summed E-state index contributed by atoms with van der Waals surface area (Å²) < 4.78 is 7.00. The molecule has 1 aliphatic rings. The van der Waals surface area contributed by atoms with E-state index in [1.807, 2.05) is 12.1 Å². The van der Waals surface area contributed by atoms with Gasteiger partial charge >= 0.3 is 0 Å². The van der Waals surface area contributed by atoms with Crippen LogP contribution in [0, 0.1) is 0 Å². The van der Waals surface area contributed by atoms with Crippen molar-refractivity contribution in [1.29, 1.82) is 0 Å². The van der Waals surface area contributed by atoms with Crippen LogP contribution in [0.15, 0.2) is 53.3 Å². The number of nitrogen functional groups attached to an aromatic ring is 1. The highest BCUT2D eigenvalue weighted by atomic mass is 16.3. The number of para-hydroxylation sites is 1. The summed E-state index contributed by atoms with van der Waals surface area (Å²) in [5.41, 5.74) is 10.4. The minimum atomic E-state index is 0.313. The summed E-state index contributed by atoms with van der Waals surface area (Å²) in [6, 6.07) is 12.2. The molecule has 3 aromatic heterocycles. The summed E-state index contributed by atoms with van der Waals surface area (Å²) in [4.78, 5) is 11.3. The van der Waals surface area contributed by atoms with E-state index in [2.05, 4.69) is 44.2 Å². The molecule has 0 atom stereocenters. The van der Waals surface area contributed by atoms with Crippen molar-refractivity contribution >= 4 is 17.3 Å². The normalized spacial score (nSPS) is 13.9. The topological polar surface area (TPSA) is 85.5 Å². The maximum absolute atomic E-state index is 6.01. The van der Waals surface area contributed by atoms with E-state index in [1.54, 1.807) is 17.0 Å². The summed E-state index contributed by atoms with van der Waals surface area (Å²) in [7, 11) is 0. The lowest BCUT2D eigenvalue weighted by atomic mass is 10.0. The Morgan fingerprint density at radius 3 is 2.96 bits per heavy atom. The lowest BCUT2D eigenvalue weighted by Crippen LogP contribution is -2.29. The quantitative estimate of drug-likeness (QED) is 0.614. The van der Waals surface area contributed by atoms with Gasteiger partial charge in [0.2, 0.25) is 11.8 Å². The van der Waals surface area contributed by atoms with Gasteiger partial charge in [-0.1, -0.05) is 18.2 Å². The number of nitrogens with two attached hydrogens (primary N) is 1. The molecule has 7 nitrogen and oxygen atoms in total. The molecule has 4 heterocycles. The lowest BCUT2D eigenvalue weighted by Gasteiger charge is -2.31. The highest BCUT2D eigenvalue weighted by Gasteiger charge is 2.20. The van der Waals surface area contributed by atoms with E-state index in [9.17, 15) is 0 Å². The zero-order valence-corrected chi connectivity index (χ0v) is 14.2. The molecule has 5 rings (SSSR count). The van der Waals surface area contributed by atoms with Crippen molar-refractivity contribution in [3.05, 3.63) is 60.0 Å². The second kappa shape index (κ2) is 5.87. The van der Waals surface area contributed by atoms with Crippen LogP contribution in [0.1, 0.15) is 17.5 Å². The van der Waals surface area contributed by atoms with Crippen LogP contribution in [0.4, 0.5) is 11.6 Å². The number of nitrogens with zero attached hydrogens (tertiary/aromatic N) is 5. The Morgan fingerprint density at radius 1 is 1.15 bits per heavy atom. The molecule has 1 aliphatic heterocycles. The van der Waals surface area contributed by atoms with Gasteiger partial charge in [0.25, 0.3) is 0 Å². The predicted molar refractivity (Wildman–Crippen MR) is 98.7 cm³/mol. The van der Waals surface area contributed by atoms with Crippen LogP contribution in [0.5, 0.6) is 0 Å². The molecular formula is C19H18N6O. The van der Waals surface area contributed by atoms with Gasteiger partial charge in [-0.2, -0.15) is 4.52 Å². The molecule has 0 radical (unpaired) electrons. The number of aromatic nitrogens is 4. The Labute approximate surface area is 150 Å². The minimum absolute atomic E-state index is 0.313. The van der Waals surface area contributed by atoms with Gasteiger partial charge in [-0.05, 0) is 36.6 Å². The average Bonchev–Trinajstić information content (AvgIpc) is 3.34.